The average Bonchev–Trinajstić information content (AvgIpc) is 3.11. The normalized spacial score (nSPS) is 10.7. The Morgan fingerprint density at radius 2 is 1.90 bits per heavy atom. The molecule has 0 aliphatic carbocycles. The first-order valence-electron chi connectivity index (χ1n) is 9.56. The summed E-state index contributed by atoms with van der Waals surface area (Å²) >= 11 is 1.41. The van der Waals surface area contributed by atoms with Gasteiger partial charge in [0.05, 0.1) is 35.0 Å². The number of hydrogen-bond acceptors (Lipinski definition) is 4. The summed E-state index contributed by atoms with van der Waals surface area (Å²) in [7, 11) is 0. The van der Waals surface area contributed by atoms with Crippen LogP contribution in [0.2, 0.25) is 0 Å². The number of imidazole rings is 1. The van der Waals surface area contributed by atoms with Crippen molar-refractivity contribution in [2.45, 2.75) is 18.6 Å². The molecule has 6 heteroatoms. The number of anilines is 1. The van der Waals surface area contributed by atoms with Gasteiger partial charge in [-0.3, -0.25) is 4.79 Å². The first-order chi connectivity index (χ1) is 14.6. The molecular weight excluding hydrogens is 392 g/mol. The maximum Gasteiger partial charge on any atom is 0.234 e. The van der Waals surface area contributed by atoms with E-state index >= 15 is 0 Å². The van der Waals surface area contributed by atoms with Gasteiger partial charge in [0, 0.05) is 5.69 Å². The molecule has 4 aromatic rings. The molecule has 1 N–H and O–H groups in total. The molecule has 30 heavy (non-hydrogen) atoms. The van der Waals surface area contributed by atoms with Crippen LogP contribution < -0.4 is 5.32 Å². The predicted molar refractivity (Wildman–Crippen MR) is 121 cm³/mol. The van der Waals surface area contributed by atoms with Crippen molar-refractivity contribution in [1.29, 1.82) is 5.26 Å². The van der Waals surface area contributed by atoms with E-state index in [2.05, 4.69) is 41.1 Å². The molecule has 1 heterocycles. The maximum absolute atomic E-state index is 12.5. The van der Waals surface area contributed by atoms with Gasteiger partial charge in [0.1, 0.15) is 0 Å². The standard InChI is InChI=1S/C24H20N4OS/c1-17-7-2-3-9-19(17)15-28-22-12-5-4-11-21(22)27-24(28)30-16-23(29)26-20-10-6-8-18(13-20)14-25/h2-13H,15-16H2,1H3,(H,26,29). The fourth-order valence-electron chi connectivity index (χ4n) is 3.27. The zero-order valence-electron chi connectivity index (χ0n) is 16.5. The van der Waals surface area contributed by atoms with Gasteiger partial charge in [0.2, 0.25) is 5.91 Å². The van der Waals surface area contributed by atoms with Crippen molar-refractivity contribution in [3.05, 3.63) is 89.5 Å². The molecule has 0 saturated carbocycles. The van der Waals surface area contributed by atoms with E-state index in [4.69, 9.17) is 10.2 Å². The van der Waals surface area contributed by atoms with Crippen LogP contribution in [0, 0.1) is 18.3 Å². The quantitative estimate of drug-likeness (QED) is 0.453. The van der Waals surface area contributed by atoms with Gasteiger partial charge in [-0.1, -0.05) is 54.2 Å². The van der Waals surface area contributed by atoms with Crippen molar-refractivity contribution in [3.8, 4) is 6.07 Å². The number of aromatic nitrogens is 2. The summed E-state index contributed by atoms with van der Waals surface area (Å²) in [5.74, 6) is 0.0954. The molecule has 0 aliphatic heterocycles. The number of carbonyl (C=O) groups excluding carboxylic acids is 1. The van der Waals surface area contributed by atoms with E-state index in [-0.39, 0.29) is 11.7 Å². The van der Waals surface area contributed by atoms with Crippen LogP contribution in [0.1, 0.15) is 16.7 Å². The van der Waals surface area contributed by atoms with E-state index in [1.165, 1.54) is 22.9 Å². The Morgan fingerprint density at radius 1 is 1.10 bits per heavy atom. The molecule has 0 saturated heterocycles. The summed E-state index contributed by atoms with van der Waals surface area (Å²) in [5.41, 5.74) is 5.54. The lowest BCUT2D eigenvalue weighted by molar-refractivity contribution is -0.113. The zero-order chi connectivity index (χ0) is 20.9. The second-order valence-electron chi connectivity index (χ2n) is 6.93. The van der Waals surface area contributed by atoms with Gasteiger partial charge >= 0.3 is 0 Å². The van der Waals surface area contributed by atoms with Crippen molar-refractivity contribution in [2.24, 2.45) is 0 Å². The Morgan fingerprint density at radius 3 is 2.73 bits per heavy atom. The number of aryl methyl sites for hydroxylation is 1. The minimum atomic E-state index is -0.135. The Bertz CT molecular complexity index is 1260. The fraction of sp³-hybridized carbons (Fsp3) is 0.125. The van der Waals surface area contributed by atoms with Crippen LogP contribution in [-0.2, 0) is 11.3 Å². The highest BCUT2D eigenvalue weighted by Crippen LogP contribution is 2.26. The van der Waals surface area contributed by atoms with Crippen LogP contribution in [0.5, 0.6) is 0 Å². The van der Waals surface area contributed by atoms with E-state index < -0.39 is 0 Å². The summed E-state index contributed by atoms with van der Waals surface area (Å²) in [5, 5.41) is 12.7. The second kappa shape index (κ2) is 8.85. The number of nitrogens with one attached hydrogen (secondary N) is 1. The number of fused-ring (bicyclic) bond motifs is 1. The molecule has 148 valence electrons. The topological polar surface area (TPSA) is 70.7 Å². The number of hydrogen-bond donors (Lipinski definition) is 1. The molecule has 3 aromatic carbocycles. The summed E-state index contributed by atoms with van der Waals surface area (Å²) in [4.78, 5) is 17.2. The van der Waals surface area contributed by atoms with Crippen molar-refractivity contribution in [3.63, 3.8) is 0 Å². The lowest BCUT2D eigenvalue weighted by Crippen LogP contribution is -2.14. The average molecular weight is 413 g/mol. The van der Waals surface area contributed by atoms with Crippen LogP contribution in [-0.4, -0.2) is 21.2 Å². The van der Waals surface area contributed by atoms with Gasteiger partial charge in [0.25, 0.3) is 0 Å². The van der Waals surface area contributed by atoms with Gasteiger partial charge in [-0.05, 0) is 48.4 Å². The third kappa shape index (κ3) is 4.37. The Kier molecular flexibility index (Phi) is 5.82. The highest BCUT2D eigenvalue weighted by molar-refractivity contribution is 7.99. The van der Waals surface area contributed by atoms with E-state index in [1.54, 1.807) is 24.3 Å². The molecule has 0 radical (unpaired) electrons. The Hall–Kier alpha value is -3.56. The van der Waals surface area contributed by atoms with Gasteiger partial charge in [0.15, 0.2) is 5.16 Å². The Balaban J connectivity index is 1.54. The van der Waals surface area contributed by atoms with Crippen LogP contribution in [0.3, 0.4) is 0 Å². The molecule has 0 fully saturated rings. The lowest BCUT2D eigenvalue weighted by Gasteiger charge is -2.11. The molecule has 0 atom stereocenters. The number of para-hydroxylation sites is 2. The smallest absolute Gasteiger partial charge is 0.234 e. The third-order valence-electron chi connectivity index (χ3n) is 4.82. The molecule has 0 bridgehead atoms. The molecule has 4 rings (SSSR count). The maximum atomic E-state index is 12.5. The van der Waals surface area contributed by atoms with Gasteiger partial charge in [-0.15, -0.1) is 0 Å². The van der Waals surface area contributed by atoms with Gasteiger partial charge in [-0.25, -0.2) is 4.98 Å². The highest BCUT2D eigenvalue weighted by Gasteiger charge is 2.14. The van der Waals surface area contributed by atoms with Crippen molar-refractivity contribution >= 4 is 34.4 Å². The van der Waals surface area contributed by atoms with Crippen molar-refractivity contribution in [2.75, 3.05) is 11.1 Å². The molecule has 0 aliphatic rings. The molecule has 1 amide bonds. The summed E-state index contributed by atoms with van der Waals surface area (Å²) in [6, 6.07) is 25.3. The van der Waals surface area contributed by atoms with Gasteiger partial charge < -0.3 is 9.88 Å². The molecule has 0 unspecified atom stereocenters. The summed E-state index contributed by atoms with van der Waals surface area (Å²) in [6.07, 6.45) is 0. The minimum Gasteiger partial charge on any atom is -0.325 e. The van der Waals surface area contributed by atoms with Crippen LogP contribution in [0.15, 0.2) is 78.0 Å². The second-order valence-corrected chi connectivity index (χ2v) is 7.87. The summed E-state index contributed by atoms with van der Waals surface area (Å²) in [6.45, 7) is 2.80. The van der Waals surface area contributed by atoms with Crippen LogP contribution in [0.25, 0.3) is 11.0 Å². The number of benzene rings is 3. The zero-order valence-corrected chi connectivity index (χ0v) is 17.3. The number of thioether (sulfide) groups is 1. The predicted octanol–water partition coefficient (Wildman–Crippen LogP) is 5.00. The molecule has 5 nitrogen and oxygen atoms in total. The fourth-order valence-corrected chi connectivity index (χ4v) is 4.08. The highest BCUT2D eigenvalue weighted by atomic mass is 32.2. The molecule has 1 aromatic heterocycles. The van der Waals surface area contributed by atoms with Crippen LogP contribution in [0.4, 0.5) is 5.69 Å². The van der Waals surface area contributed by atoms with Gasteiger partial charge in [-0.2, -0.15) is 5.26 Å². The van der Waals surface area contributed by atoms with E-state index in [9.17, 15) is 4.79 Å². The molecular formula is C24H20N4OS. The number of amides is 1. The van der Waals surface area contributed by atoms with E-state index in [0.717, 1.165) is 16.2 Å². The van der Waals surface area contributed by atoms with Crippen LogP contribution >= 0.6 is 11.8 Å². The van der Waals surface area contributed by atoms with E-state index in [0.29, 0.717) is 17.8 Å². The van der Waals surface area contributed by atoms with E-state index in [1.807, 2.05) is 30.3 Å². The summed E-state index contributed by atoms with van der Waals surface area (Å²) < 4.78 is 2.16. The largest absolute Gasteiger partial charge is 0.325 e. The third-order valence-corrected chi connectivity index (χ3v) is 5.79. The SMILES string of the molecule is Cc1ccccc1Cn1c(SCC(=O)Nc2cccc(C#N)c2)nc2ccccc21. The monoisotopic (exact) mass is 412 g/mol. The first-order valence-corrected chi connectivity index (χ1v) is 10.5. The number of nitriles is 1. The van der Waals surface area contributed by atoms with Crippen molar-refractivity contribution in [1.82, 2.24) is 9.55 Å². The number of nitrogens with zero attached hydrogens (tertiary/aromatic N) is 3. The number of rotatable bonds is 6. The molecule has 0 spiro atoms. The lowest BCUT2D eigenvalue weighted by atomic mass is 10.1. The minimum absolute atomic E-state index is 0.135. The first kappa shape index (κ1) is 19.7. The van der Waals surface area contributed by atoms with Crippen molar-refractivity contribution < 1.29 is 4.79 Å². The number of carbonyl (C=O) groups is 1. The Labute approximate surface area is 179 Å².